The van der Waals surface area contributed by atoms with E-state index in [1.165, 1.54) is 25.9 Å². The maximum atomic E-state index is 10.5. The molecule has 0 unspecified atom stereocenters. The van der Waals surface area contributed by atoms with Gasteiger partial charge in [-0.3, -0.25) is 9.89 Å². The van der Waals surface area contributed by atoms with Crippen molar-refractivity contribution in [3.05, 3.63) is 17.5 Å². The molecule has 0 spiro atoms. The van der Waals surface area contributed by atoms with Crippen LogP contribution in [0.25, 0.3) is 0 Å². The van der Waals surface area contributed by atoms with E-state index in [1.54, 1.807) is 0 Å². The van der Waals surface area contributed by atoms with Gasteiger partial charge in [-0.2, -0.15) is 5.10 Å². The SMILES string of the molecule is CCN1CCC(Cc2cc(C=O)n[nH]2)CC1. The van der Waals surface area contributed by atoms with Crippen molar-refractivity contribution in [2.75, 3.05) is 19.6 Å². The van der Waals surface area contributed by atoms with E-state index in [9.17, 15) is 4.79 Å². The molecule has 1 saturated heterocycles. The molecule has 0 atom stereocenters. The third-order valence-electron chi connectivity index (χ3n) is 3.43. The molecule has 2 heterocycles. The number of hydrogen-bond acceptors (Lipinski definition) is 3. The Morgan fingerprint density at radius 1 is 1.56 bits per heavy atom. The Morgan fingerprint density at radius 3 is 2.88 bits per heavy atom. The Hall–Kier alpha value is -1.16. The molecule has 1 aliphatic heterocycles. The van der Waals surface area contributed by atoms with Crippen molar-refractivity contribution in [3.8, 4) is 0 Å². The molecule has 4 nitrogen and oxygen atoms in total. The summed E-state index contributed by atoms with van der Waals surface area (Å²) in [5, 5.41) is 6.86. The van der Waals surface area contributed by atoms with Crippen LogP contribution in [0.3, 0.4) is 0 Å². The van der Waals surface area contributed by atoms with Gasteiger partial charge in [0, 0.05) is 5.69 Å². The Labute approximate surface area is 96.0 Å². The molecule has 0 aromatic carbocycles. The van der Waals surface area contributed by atoms with Crippen LogP contribution in [-0.2, 0) is 6.42 Å². The average Bonchev–Trinajstić information content (AvgIpc) is 2.78. The lowest BCUT2D eigenvalue weighted by Gasteiger charge is -2.30. The third-order valence-corrected chi connectivity index (χ3v) is 3.43. The summed E-state index contributed by atoms with van der Waals surface area (Å²) in [5.41, 5.74) is 1.61. The summed E-state index contributed by atoms with van der Waals surface area (Å²) in [5.74, 6) is 0.739. The van der Waals surface area contributed by atoms with Crippen LogP contribution in [0, 0.1) is 5.92 Å². The molecule has 0 amide bonds. The topological polar surface area (TPSA) is 49.0 Å². The van der Waals surface area contributed by atoms with Gasteiger partial charge in [-0.05, 0) is 50.9 Å². The van der Waals surface area contributed by atoms with E-state index in [4.69, 9.17) is 0 Å². The molecule has 4 heteroatoms. The van der Waals surface area contributed by atoms with Crippen LogP contribution in [-0.4, -0.2) is 41.0 Å². The highest BCUT2D eigenvalue weighted by Crippen LogP contribution is 2.20. The number of aromatic amines is 1. The van der Waals surface area contributed by atoms with Gasteiger partial charge in [-0.25, -0.2) is 0 Å². The van der Waals surface area contributed by atoms with Crippen molar-refractivity contribution in [1.29, 1.82) is 0 Å². The number of nitrogens with zero attached hydrogens (tertiary/aromatic N) is 2. The van der Waals surface area contributed by atoms with Crippen LogP contribution >= 0.6 is 0 Å². The Bertz CT molecular complexity index is 340. The third kappa shape index (κ3) is 2.70. The first-order chi connectivity index (χ1) is 7.81. The molecule has 16 heavy (non-hydrogen) atoms. The van der Waals surface area contributed by atoms with E-state index in [0.29, 0.717) is 5.69 Å². The number of nitrogens with one attached hydrogen (secondary N) is 1. The molecule has 1 aromatic rings. The van der Waals surface area contributed by atoms with E-state index in [0.717, 1.165) is 30.9 Å². The van der Waals surface area contributed by atoms with Crippen molar-refractivity contribution in [1.82, 2.24) is 15.1 Å². The van der Waals surface area contributed by atoms with E-state index in [1.807, 2.05) is 6.07 Å². The summed E-state index contributed by atoms with van der Waals surface area (Å²) in [7, 11) is 0. The summed E-state index contributed by atoms with van der Waals surface area (Å²) < 4.78 is 0. The minimum absolute atomic E-state index is 0.515. The van der Waals surface area contributed by atoms with Gasteiger partial charge in [0.25, 0.3) is 0 Å². The second-order valence-corrected chi connectivity index (χ2v) is 4.52. The molecule has 0 aliphatic carbocycles. The maximum absolute atomic E-state index is 10.5. The molecule has 0 bridgehead atoms. The average molecular weight is 221 g/mol. The summed E-state index contributed by atoms with van der Waals surface area (Å²) in [6, 6.07) is 1.86. The fraction of sp³-hybridized carbons (Fsp3) is 0.667. The van der Waals surface area contributed by atoms with Crippen LogP contribution in [0.4, 0.5) is 0 Å². The monoisotopic (exact) mass is 221 g/mol. The zero-order valence-electron chi connectivity index (χ0n) is 9.78. The van der Waals surface area contributed by atoms with Gasteiger partial charge in [0.2, 0.25) is 0 Å². The molecular weight excluding hydrogens is 202 g/mol. The molecule has 1 N–H and O–H groups in total. The number of rotatable bonds is 4. The number of carbonyl (C=O) groups excluding carboxylic acids is 1. The summed E-state index contributed by atoms with van der Waals surface area (Å²) in [6.07, 6.45) is 4.32. The lowest BCUT2D eigenvalue weighted by molar-refractivity contribution is 0.111. The minimum Gasteiger partial charge on any atom is -0.304 e. The van der Waals surface area contributed by atoms with Gasteiger partial charge >= 0.3 is 0 Å². The van der Waals surface area contributed by atoms with Crippen LogP contribution in [0.15, 0.2) is 6.07 Å². The molecule has 88 valence electrons. The first-order valence-corrected chi connectivity index (χ1v) is 6.03. The minimum atomic E-state index is 0.515. The number of aldehydes is 1. The van der Waals surface area contributed by atoms with Crippen molar-refractivity contribution in [3.63, 3.8) is 0 Å². The predicted molar refractivity (Wildman–Crippen MR) is 62.5 cm³/mol. The van der Waals surface area contributed by atoms with Gasteiger partial charge in [-0.15, -0.1) is 0 Å². The van der Waals surface area contributed by atoms with Gasteiger partial charge in [0.1, 0.15) is 5.69 Å². The number of hydrogen-bond donors (Lipinski definition) is 1. The van der Waals surface area contributed by atoms with Gasteiger partial charge in [0.05, 0.1) is 0 Å². The highest BCUT2D eigenvalue weighted by atomic mass is 16.1. The van der Waals surface area contributed by atoms with E-state index in [2.05, 4.69) is 22.0 Å². The fourth-order valence-corrected chi connectivity index (χ4v) is 2.36. The largest absolute Gasteiger partial charge is 0.304 e. The smallest absolute Gasteiger partial charge is 0.170 e. The molecular formula is C12H19N3O. The summed E-state index contributed by atoms with van der Waals surface area (Å²) in [6.45, 7) is 5.78. The molecule has 1 fully saturated rings. The van der Waals surface area contributed by atoms with Crippen LogP contribution in [0.1, 0.15) is 35.9 Å². The van der Waals surface area contributed by atoms with Gasteiger partial charge in [-0.1, -0.05) is 6.92 Å². The lowest BCUT2D eigenvalue weighted by Crippen LogP contribution is -2.34. The van der Waals surface area contributed by atoms with E-state index < -0.39 is 0 Å². The molecule has 2 rings (SSSR count). The number of aromatic nitrogens is 2. The van der Waals surface area contributed by atoms with Crippen molar-refractivity contribution in [2.24, 2.45) is 5.92 Å². The highest BCUT2D eigenvalue weighted by Gasteiger charge is 2.18. The predicted octanol–water partition coefficient (Wildman–Crippen LogP) is 1.50. The zero-order chi connectivity index (χ0) is 11.4. The fourth-order valence-electron chi connectivity index (χ4n) is 2.36. The Kier molecular flexibility index (Phi) is 3.72. The first kappa shape index (κ1) is 11.3. The van der Waals surface area contributed by atoms with Crippen LogP contribution < -0.4 is 0 Å². The second kappa shape index (κ2) is 5.25. The molecule has 1 aliphatic rings. The van der Waals surface area contributed by atoms with Gasteiger partial charge in [0.15, 0.2) is 6.29 Å². The zero-order valence-corrected chi connectivity index (χ0v) is 9.78. The highest BCUT2D eigenvalue weighted by molar-refractivity contribution is 5.71. The number of piperidine rings is 1. The van der Waals surface area contributed by atoms with E-state index >= 15 is 0 Å². The Morgan fingerprint density at radius 2 is 2.31 bits per heavy atom. The quantitative estimate of drug-likeness (QED) is 0.784. The van der Waals surface area contributed by atoms with Gasteiger partial charge < -0.3 is 4.90 Å². The van der Waals surface area contributed by atoms with Crippen molar-refractivity contribution in [2.45, 2.75) is 26.2 Å². The van der Waals surface area contributed by atoms with Crippen LogP contribution in [0.5, 0.6) is 0 Å². The maximum Gasteiger partial charge on any atom is 0.170 e. The van der Waals surface area contributed by atoms with Crippen molar-refractivity contribution < 1.29 is 4.79 Å². The number of likely N-dealkylation sites (tertiary alicyclic amines) is 1. The Balaban J connectivity index is 1.84. The molecule has 0 radical (unpaired) electrons. The first-order valence-electron chi connectivity index (χ1n) is 6.03. The second-order valence-electron chi connectivity index (χ2n) is 4.52. The van der Waals surface area contributed by atoms with Crippen molar-refractivity contribution >= 4 is 6.29 Å². The van der Waals surface area contributed by atoms with E-state index in [-0.39, 0.29) is 0 Å². The molecule has 1 aromatic heterocycles. The van der Waals surface area contributed by atoms with Crippen LogP contribution in [0.2, 0.25) is 0 Å². The summed E-state index contributed by atoms with van der Waals surface area (Å²) >= 11 is 0. The standard InChI is InChI=1S/C12H19N3O/c1-2-15-5-3-10(4-6-15)7-11-8-12(9-16)14-13-11/h8-10H,2-7H2,1H3,(H,13,14). The lowest BCUT2D eigenvalue weighted by atomic mass is 9.92. The molecule has 0 saturated carbocycles. The summed E-state index contributed by atoms with van der Waals surface area (Å²) in [4.78, 5) is 13.0. The number of carbonyl (C=O) groups is 1. The normalized spacial score (nSPS) is 18.8. The number of H-pyrrole nitrogens is 1.